The smallest absolute Gasteiger partial charge is 0.217 e. The van der Waals surface area contributed by atoms with E-state index in [1.165, 1.54) is 6.92 Å². The first kappa shape index (κ1) is 86.7. The predicted octanol–water partition coefficient (Wildman–Crippen LogP) is 7.81. The molecule has 8 aliphatic rings. The number of amides is 1. The van der Waals surface area contributed by atoms with Gasteiger partial charge in [-0.1, -0.05) is 140 Å². The summed E-state index contributed by atoms with van der Waals surface area (Å²) in [6, 6.07) is -3.42. The molecule has 0 aliphatic carbocycles. The summed E-state index contributed by atoms with van der Waals surface area (Å²) >= 11 is 0. The monoisotopic (exact) mass is 1520 g/mol. The van der Waals surface area contributed by atoms with E-state index in [9.17, 15) is 15.4 Å². The Morgan fingerprint density at radius 3 is 1.23 bits per heavy atom. The summed E-state index contributed by atoms with van der Waals surface area (Å²) in [6.45, 7) is 21.4. The minimum Gasteiger partial charge on any atom is -0.385 e. The number of unbranched alkanes of at least 4 members (excludes halogenated alkanes) is 8. The second-order valence-electron chi connectivity index (χ2n) is 27.1. The highest BCUT2D eigenvalue weighted by atomic mass is 31.0. The number of aliphatic hydroxyl groups excluding tert-OH is 1. The molecule has 8 fully saturated rings. The van der Waals surface area contributed by atoms with Crippen molar-refractivity contribution in [2.75, 3.05) is 99.0 Å². The molecule has 0 spiro atoms. The molecule has 0 aromatic rings. The summed E-state index contributed by atoms with van der Waals surface area (Å²) in [6.07, 6.45) is -11.1. The van der Waals surface area contributed by atoms with Gasteiger partial charge in [-0.15, -0.1) is 0 Å². The van der Waals surface area contributed by atoms with Crippen LogP contribution in [-0.2, 0) is 118 Å². The number of carbonyl (C=O) groups excluding carboxylic acids is 1. The van der Waals surface area contributed by atoms with Crippen LogP contribution in [-0.4, -0.2) is 282 Å². The molecule has 0 aromatic carbocycles. The van der Waals surface area contributed by atoms with Gasteiger partial charge in [0.05, 0.1) is 39.6 Å². The third-order valence-corrected chi connectivity index (χ3v) is 20.0. The number of ether oxygens (including phenoxy) is 24. The molecule has 8 aliphatic heterocycles. The Hall–Kier alpha value is -0.930. The maximum absolute atomic E-state index is 13.8. The molecular formula is C69H125N4O26P3. The average Bonchev–Trinajstić information content (AvgIpc) is 0.788. The van der Waals surface area contributed by atoms with Crippen molar-refractivity contribution < 1.29 is 124 Å². The molecular weight excluding hydrogens is 1390 g/mol. The van der Waals surface area contributed by atoms with Gasteiger partial charge in [0, 0.05) is 71.2 Å². The summed E-state index contributed by atoms with van der Waals surface area (Å²) in [5, 5.41) is 19.2. The zero-order valence-electron chi connectivity index (χ0n) is 61.8. The van der Waals surface area contributed by atoms with Crippen molar-refractivity contribution in [3.63, 3.8) is 0 Å². The first-order chi connectivity index (χ1) is 49.7. The first-order valence-electron chi connectivity index (χ1n) is 38.1. The van der Waals surface area contributed by atoms with Crippen LogP contribution in [0.4, 0.5) is 0 Å². The molecule has 16 unspecified atom stereocenters. The second kappa shape index (κ2) is 47.3. The number of hydrogen-bond acceptors (Lipinski definition) is 27. The van der Waals surface area contributed by atoms with Gasteiger partial charge in [-0.05, 0) is 56.9 Å². The minimum atomic E-state index is -1.38. The topological polar surface area (TPSA) is 320 Å². The molecule has 0 bridgehead atoms. The van der Waals surface area contributed by atoms with Crippen molar-refractivity contribution in [3.8, 4) is 0 Å². The van der Waals surface area contributed by atoms with Crippen molar-refractivity contribution in [1.82, 2.24) is 5.32 Å². The normalized spacial score (nSPS) is 38.6. The fraction of sp³-hybridized carbons (Fsp3) is 0.986. The van der Waals surface area contributed by atoms with Gasteiger partial charge in [0.2, 0.25) is 5.91 Å². The van der Waals surface area contributed by atoms with E-state index in [1.807, 2.05) is 0 Å². The summed E-state index contributed by atoms with van der Waals surface area (Å²) < 4.78 is 163. The van der Waals surface area contributed by atoms with Gasteiger partial charge in [-0.2, -0.15) is 0 Å². The Balaban J connectivity index is 1.19. The highest BCUT2D eigenvalue weighted by molar-refractivity contribution is 7.17. The molecule has 8 heterocycles. The molecule has 31 atom stereocenters. The molecule has 592 valence electrons. The van der Waals surface area contributed by atoms with Crippen molar-refractivity contribution >= 4 is 33.6 Å². The lowest BCUT2D eigenvalue weighted by molar-refractivity contribution is -0.414. The van der Waals surface area contributed by atoms with E-state index in [4.69, 9.17) is 114 Å². The lowest BCUT2D eigenvalue weighted by Crippen LogP contribution is -2.72. The SMILES string of the molecule is CCCCOCC1O[C@@H](OCCN=[N+]=[N-])[C@@H](OCCCC)C(OCCCC)[C@@H]1O[C@@H]1OC(COCCCC)[C@H](O[C@H]2OC3COC(P)OC3[C@@H](O[C@@H]3OC4COC(P)O[C@@H]4C(O[C@@H]4OC5COC(P)O[C@@H]5C(OCCCC)[C@@H]4O)[C@@H]3NC(C)=O)[C@H]2OCCCC)C(OCCCC)[C@@H]1OCCCC. The standard InChI is InChI=1S/C69H125N4O26P3/c1-10-18-27-76-36-42-51(56(79-30-21-13-4)59(81-32-23-15-6)64(90-42)84-35-26-71-73-70)93-65-60(82-33-24-16-7)57(80-31-22-14-5)52(43(91-65)37-77-28-19-11-2)94-66-61(83-34-25-17-8)58(53-46(92-66)40-87-69(102)99-53)96-62-47(72-41(9)74)54(49-44(88-62)38-85-67(100)97-49)95-63-48(75)55(78-29-20-12-3)50-45(89-63)39-86-68(101)98-50/h42-69,75H,10-40,100-102H2,1-9H3,(H,72,74)/t42?,43?,44?,45?,46?,47-,48-,49-,50-,51+,52-,53?,54?,55?,56?,57?,58+,59-,60-,61+,62-,63-,64+,65-,66+,67?,68?,69?/m0/s1. The highest BCUT2D eigenvalue weighted by Gasteiger charge is 2.61. The van der Waals surface area contributed by atoms with Crippen LogP contribution >= 0.6 is 27.7 Å². The van der Waals surface area contributed by atoms with Gasteiger partial charge in [0.1, 0.15) is 122 Å². The van der Waals surface area contributed by atoms with Crippen LogP contribution in [0.5, 0.6) is 0 Å². The molecule has 8 rings (SSSR count). The second-order valence-corrected chi connectivity index (χ2v) is 28.7. The maximum atomic E-state index is 13.8. The van der Waals surface area contributed by atoms with Gasteiger partial charge in [0.15, 0.2) is 49.5 Å². The largest absolute Gasteiger partial charge is 0.385 e. The van der Waals surface area contributed by atoms with Gasteiger partial charge in [-0.3, -0.25) is 4.79 Å². The zero-order chi connectivity index (χ0) is 72.8. The zero-order valence-corrected chi connectivity index (χ0v) is 65.3. The van der Waals surface area contributed by atoms with Crippen molar-refractivity contribution in [2.24, 2.45) is 5.11 Å². The fourth-order valence-corrected chi connectivity index (χ4v) is 14.3. The van der Waals surface area contributed by atoms with E-state index in [-0.39, 0.29) is 52.8 Å². The number of rotatable bonds is 47. The number of fused-ring (bicyclic) bond motifs is 3. The molecule has 1 amide bonds. The molecule has 30 nitrogen and oxygen atoms in total. The quantitative estimate of drug-likeness (QED) is 0.0193. The molecule has 33 heteroatoms. The van der Waals surface area contributed by atoms with Crippen molar-refractivity contribution in [3.05, 3.63) is 10.4 Å². The Labute approximate surface area is 611 Å². The molecule has 0 aromatic heterocycles. The Morgan fingerprint density at radius 1 is 0.422 bits per heavy atom. The predicted molar refractivity (Wildman–Crippen MR) is 379 cm³/mol. The maximum Gasteiger partial charge on any atom is 0.217 e. The van der Waals surface area contributed by atoms with E-state index in [0.717, 1.165) is 83.5 Å². The molecule has 8 saturated heterocycles. The summed E-state index contributed by atoms with van der Waals surface area (Å²) in [5.41, 5.74) is 9.21. The number of nitrogens with zero attached hydrogens (tertiary/aromatic N) is 3. The minimum absolute atomic E-state index is 0.0230. The number of carbonyl (C=O) groups is 1. The Bertz CT molecular complexity index is 2350. The number of hydrogen-bond donors (Lipinski definition) is 2. The van der Waals surface area contributed by atoms with Crippen molar-refractivity contribution in [2.45, 2.75) is 337 Å². The number of nitrogens with one attached hydrogen (secondary N) is 1. The summed E-state index contributed by atoms with van der Waals surface area (Å²) in [5.74, 6) is -0.445. The summed E-state index contributed by atoms with van der Waals surface area (Å²) in [4.78, 5) is 16.7. The van der Waals surface area contributed by atoms with Gasteiger partial charge in [0.25, 0.3) is 0 Å². The van der Waals surface area contributed by atoms with Crippen LogP contribution in [0.1, 0.15) is 165 Å². The Morgan fingerprint density at radius 2 is 0.775 bits per heavy atom. The van der Waals surface area contributed by atoms with Crippen LogP contribution in [0.3, 0.4) is 0 Å². The van der Waals surface area contributed by atoms with E-state index < -0.39 is 177 Å². The van der Waals surface area contributed by atoms with Crippen LogP contribution < -0.4 is 5.32 Å². The number of aliphatic hydroxyl groups is 1. The Kier molecular flexibility index (Phi) is 40.2. The molecule has 2 N–H and O–H groups in total. The fourth-order valence-electron chi connectivity index (χ4n) is 13.4. The highest BCUT2D eigenvalue weighted by Crippen LogP contribution is 2.43. The third kappa shape index (κ3) is 25.3. The van der Waals surface area contributed by atoms with Crippen LogP contribution in [0.25, 0.3) is 10.4 Å². The lowest BCUT2D eigenvalue weighted by Gasteiger charge is -2.54. The number of azide groups is 1. The van der Waals surface area contributed by atoms with Crippen molar-refractivity contribution in [1.29, 1.82) is 0 Å². The average molecular weight is 1520 g/mol. The lowest BCUT2D eigenvalue weighted by atomic mass is 9.93. The van der Waals surface area contributed by atoms with Gasteiger partial charge >= 0.3 is 0 Å². The molecule has 0 saturated carbocycles. The van der Waals surface area contributed by atoms with E-state index in [1.54, 1.807) is 0 Å². The van der Waals surface area contributed by atoms with Crippen LogP contribution in [0.15, 0.2) is 5.11 Å². The molecule has 0 radical (unpaired) electrons. The van der Waals surface area contributed by atoms with E-state index >= 15 is 0 Å². The first-order valence-corrected chi connectivity index (χ1v) is 40.1. The van der Waals surface area contributed by atoms with Crippen LogP contribution in [0, 0.1) is 0 Å². The van der Waals surface area contributed by atoms with E-state index in [0.29, 0.717) is 65.5 Å². The van der Waals surface area contributed by atoms with Gasteiger partial charge in [-0.25, -0.2) is 0 Å². The van der Waals surface area contributed by atoms with Crippen LogP contribution in [0.2, 0.25) is 0 Å². The van der Waals surface area contributed by atoms with Gasteiger partial charge < -0.3 is 124 Å². The summed E-state index contributed by atoms with van der Waals surface area (Å²) in [7, 11) is 7.62. The van der Waals surface area contributed by atoms with E-state index in [2.05, 4.69) is 98.5 Å². The molecule has 102 heavy (non-hydrogen) atoms. The third-order valence-electron chi connectivity index (χ3n) is 19.0.